The van der Waals surface area contributed by atoms with E-state index in [1.807, 2.05) is 25.1 Å². The van der Waals surface area contributed by atoms with Gasteiger partial charge in [-0.15, -0.1) is 5.10 Å². The van der Waals surface area contributed by atoms with Crippen molar-refractivity contribution in [3.05, 3.63) is 30.1 Å². The van der Waals surface area contributed by atoms with Crippen LogP contribution in [0.15, 0.2) is 24.4 Å². The number of H-pyrrole nitrogens is 1. The molecule has 26 heavy (non-hydrogen) atoms. The van der Waals surface area contributed by atoms with Crippen molar-refractivity contribution >= 4 is 17.7 Å². The van der Waals surface area contributed by atoms with Crippen molar-refractivity contribution in [2.45, 2.75) is 43.7 Å². The third kappa shape index (κ3) is 3.77. The summed E-state index contributed by atoms with van der Waals surface area (Å²) in [5.41, 5.74) is 0.738. The van der Waals surface area contributed by atoms with Gasteiger partial charge in [0.05, 0.1) is 18.8 Å². The average molecular weight is 358 g/mol. The van der Waals surface area contributed by atoms with Crippen LogP contribution in [-0.4, -0.2) is 51.3 Å². The Labute approximate surface area is 150 Å². The lowest BCUT2D eigenvalue weighted by atomic mass is 10.0. The predicted octanol–water partition coefficient (Wildman–Crippen LogP) is 2.09. The van der Waals surface area contributed by atoms with Gasteiger partial charge < -0.3 is 20.1 Å². The summed E-state index contributed by atoms with van der Waals surface area (Å²) in [6.07, 6.45) is 3.75. The van der Waals surface area contributed by atoms with Crippen LogP contribution in [0.3, 0.4) is 0 Å². The van der Waals surface area contributed by atoms with E-state index >= 15 is 0 Å². The van der Waals surface area contributed by atoms with Gasteiger partial charge in [0.15, 0.2) is 11.6 Å². The van der Waals surface area contributed by atoms with E-state index in [1.165, 1.54) is 0 Å². The molecular weight excluding hydrogens is 336 g/mol. The second-order valence-corrected chi connectivity index (χ2v) is 7.16. The molecule has 3 heterocycles. The number of amides is 1. The second-order valence-electron chi connectivity index (χ2n) is 7.16. The number of anilines is 2. The summed E-state index contributed by atoms with van der Waals surface area (Å²) >= 11 is 0. The van der Waals surface area contributed by atoms with Gasteiger partial charge in [0.2, 0.25) is 0 Å². The molecule has 9 heteroatoms. The number of nitrogens with one attached hydrogen (secondary N) is 3. The van der Waals surface area contributed by atoms with Gasteiger partial charge in [0, 0.05) is 23.9 Å². The zero-order valence-corrected chi connectivity index (χ0v) is 14.6. The molecule has 0 radical (unpaired) electrons. The van der Waals surface area contributed by atoms with Crippen molar-refractivity contribution in [2.75, 3.05) is 18.5 Å². The molecule has 2 aromatic rings. The Balaban J connectivity index is 1.29. The molecule has 1 amide bonds. The highest BCUT2D eigenvalue weighted by Crippen LogP contribution is 2.36. The Morgan fingerprint density at radius 3 is 3.00 bits per heavy atom. The molecule has 9 nitrogen and oxygen atoms in total. The lowest BCUT2D eigenvalue weighted by Crippen LogP contribution is -2.60. The van der Waals surface area contributed by atoms with E-state index in [0.717, 1.165) is 25.0 Å². The number of hydrogen-bond acceptors (Lipinski definition) is 7. The number of aromatic nitrogens is 4. The molecule has 3 N–H and O–H groups in total. The van der Waals surface area contributed by atoms with Crippen molar-refractivity contribution < 1.29 is 14.3 Å². The maximum Gasteiger partial charge on any atom is 0.407 e. The maximum absolute atomic E-state index is 12.0. The van der Waals surface area contributed by atoms with Gasteiger partial charge in [0.1, 0.15) is 6.10 Å². The van der Waals surface area contributed by atoms with Gasteiger partial charge >= 0.3 is 6.09 Å². The summed E-state index contributed by atoms with van der Waals surface area (Å²) in [7, 11) is 0. The lowest BCUT2D eigenvalue weighted by Gasteiger charge is -2.38. The van der Waals surface area contributed by atoms with E-state index in [-0.39, 0.29) is 17.7 Å². The van der Waals surface area contributed by atoms with E-state index in [2.05, 4.69) is 31.0 Å². The van der Waals surface area contributed by atoms with Crippen LogP contribution in [0.4, 0.5) is 16.4 Å². The zero-order valence-electron chi connectivity index (χ0n) is 14.6. The lowest BCUT2D eigenvalue weighted by molar-refractivity contribution is -0.0635. The highest BCUT2D eigenvalue weighted by Gasteiger charge is 2.37. The third-order valence-electron chi connectivity index (χ3n) is 4.77. The third-order valence-corrected chi connectivity index (χ3v) is 4.77. The van der Waals surface area contributed by atoms with Crippen molar-refractivity contribution in [3.63, 3.8) is 0 Å². The van der Waals surface area contributed by atoms with Gasteiger partial charge in [-0.1, -0.05) is 0 Å². The fourth-order valence-corrected chi connectivity index (χ4v) is 3.35. The first-order chi connectivity index (χ1) is 12.6. The number of rotatable bonds is 5. The smallest absolute Gasteiger partial charge is 0.407 e. The molecule has 1 saturated carbocycles. The summed E-state index contributed by atoms with van der Waals surface area (Å²) < 4.78 is 10.7. The highest BCUT2D eigenvalue weighted by atomic mass is 16.6. The predicted molar refractivity (Wildman–Crippen MR) is 93.1 cm³/mol. The molecule has 1 saturated heterocycles. The molecule has 4 rings (SSSR count). The van der Waals surface area contributed by atoms with Crippen molar-refractivity contribution in [1.29, 1.82) is 0 Å². The van der Waals surface area contributed by atoms with E-state index < -0.39 is 0 Å². The number of hydrogen-bond donors (Lipinski definition) is 3. The van der Waals surface area contributed by atoms with Crippen molar-refractivity contribution in [1.82, 2.24) is 25.7 Å². The molecule has 0 unspecified atom stereocenters. The van der Waals surface area contributed by atoms with Crippen LogP contribution in [-0.2, 0) is 9.47 Å². The Hall–Kier alpha value is -2.68. The normalized spacial score (nSPS) is 23.9. The van der Waals surface area contributed by atoms with Crippen LogP contribution in [0.5, 0.6) is 0 Å². The SMILES string of the molecule is CC1(NC(=O)O[C@@H]2CC[C@H](c3cc(Nc4cccnn4)n[nH]3)C2)COC1. The van der Waals surface area contributed by atoms with Gasteiger partial charge in [-0.2, -0.15) is 10.2 Å². The first kappa shape index (κ1) is 16.8. The van der Waals surface area contributed by atoms with Gasteiger partial charge in [0.25, 0.3) is 0 Å². The van der Waals surface area contributed by atoms with Gasteiger partial charge in [-0.3, -0.25) is 5.10 Å². The molecule has 2 aromatic heterocycles. The molecule has 0 spiro atoms. The molecule has 2 atom stereocenters. The summed E-state index contributed by atoms with van der Waals surface area (Å²) in [5, 5.41) is 21.1. The minimum absolute atomic E-state index is 0.0794. The minimum Gasteiger partial charge on any atom is -0.446 e. The quantitative estimate of drug-likeness (QED) is 0.750. The monoisotopic (exact) mass is 358 g/mol. The van der Waals surface area contributed by atoms with Crippen LogP contribution in [0.2, 0.25) is 0 Å². The first-order valence-electron chi connectivity index (χ1n) is 8.76. The molecule has 1 aliphatic carbocycles. The van der Waals surface area contributed by atoms with Crippen LogP contribution < -0.4 is 10.6 Å². The summed E-state index contributed by atoms with van der Waals surface area (Å²) in [5.74, 6) is 1.63. The van der Waals surface area contributed by atoms with Crippen LogP contribution in [0.25, 0.3) is 0 Å². The van der Waals surface area contributed by atoms with Crippen molar-refractivity contribution in [2.24, 2.45) is 0 Å². The Kier molecular flexibility index (Phi) is 4.46. The molecular formula is C17H22N6O3. The first-order valence-corrected chi connectivity index (χ1v) is 8.76. The molecule has 2 fully saturated rings. The Bertz CT molecular complexity index is 761. The highest BCUT2D eigenvalue weighted by molar-refractivity contribution is 5.68. The summed E-state index contributed by atoms with van der Waals surface area (Å²) in [4.78, 5) is 12.0. The maximum atomic E-state index is 12.0. The fourth-order valence-electron chi connectivity index (χ4n) is 3.35. The second kappa shape index (κ2) is 6.91. The number of aromatic amines is 1. The molecule has 1 aliphatic heterocycles. The summed E-state index contributed by atoms with van der Waals surface area (Å²) in [6.45, 7) is 3.02. The van der Waals surface area contributed by atoms with E-state index in [0.29, 0.717) is 30.8 Å². The number of carbonyl (C=O) groups excluding carboxylic acids is 1. The molecule has 138 valence electrons. The van der Waals surface area contributed by atoms with Crippen molar-refractivity contribution in [3.8, 4) is 0 Å². The number of carbonyl (C=O) groups is 1. The van der Waals surface area contributed by atoms with E-state index in [4.69, 9.17) is 9.47 Å². The molecule has 2 aliphatic rings. The number of alkyl carbamates (subject to hydrolysis) is 1. The van der Waals surface area contributed by atoms with Gasteiger partial charge in [-0.25, -0.2) is 4.79 Å². The fraction of sp³-hybridized carbons (Fsp3) is 0.529. The minimum atomic E-state index is -0.365. The van der Waals surface area contributed by atoms with E-state index in [1.54, 1.807) is 6.20 Å². The molecule has 0 aromatic carbocycles. The number of nitrogens with zero attached hydrogens (tertiary/aromatic N) is 3. The van der Waals surface area contributed by atoms with E-state index in [9.17, 15) is 4.79 Å². The van der Waals surface area contributed by atoms with Crippen LogP contribution >= 0.6 is 0 Å². The van der Waals surface area contributed by atoms with Crippen LogP contribution in [0.1, 0.15) is 37.8 Å². The largest absolute Gasteiger partial charge is 0.446 e. The summed E-state index contributed by atoms with van der Waals surface area (Å²) in [6, 6.07) is 5.60. The van der Waals surface area contributed by atoms with Crippen LogP contribution in [0, 0.1) is 0 Å². The standard InChI is InChI=1S/C17H22N6O3/c1-17(9-25-10-17)20-16(24)26-12-5-4-11(7-12)13-8-15(23-21-13)19-14-3-2-6-18-22-14/h2-3,6,8,11-12H,4-5,7,9-10H2,1H3,(H,20,24)(H2,19,21,22,23)/t11-,12+/m0/s1. The topological polar surface area (TPSA) is 114 Å². The average Bonchev–Trinajstić information content (AvgIpc) is 3.23. The Morgan fingerprint density at radius 2 is 2.27 bits per heavy atom. The number of ether oxygens (including phenoxy) is 2. The van der Waals surface area contributed by atoms with Gasteiger partial charge in [-0.05, 0) is 38.3 Å². The molecule has 0 bridgehead atoms. The Morgan fingerprint density at radius 1 is 1.38 bits per heavy atom. The zero-order chi connectivity index (χ0) is 18.0.